The molecule has 0 atom stereocenters. The average molecular weight is 225 g/mol. The van der Waals surface area contributed by atoms with Crippen LogP contribution in [0.2, 0.25) is 0 Å². The van der Waals surface area contributed by atoms with Crippen LogP contribution in [0, 0.1) is 0 Å². The van der Waals surface area contributed by atoms with Crippen molar-refractivity contribution in [2.75, 3.05) is 6.54 Å². The molecule has 0 aliphatic rings. The van der Waals surface area contributed by atoms with E-state index in [1.165, 1.54) is 0 Å². The molecule has 1 rings (SSSR count). The van der Waals surface area contributed by atoms with Crippen LogP contribution in [0.25, 0.3) is 0 Å². The zero-order chi connectivity index (χ0) is 11.3. The monoisotopic (exact) mass is 224 g/mol. The first-order valence-corrected chi connectivity index (χ1v) is 4.90. The van der Waals surface area contributed by atoms with E-state index in [0.717, 1.165) is 5.56 Å². The van der Waals surface area contributed by atoms with Crippen LogP contribution in [-0.4, -0.2) is 12.5 Å². The third kappa shape index (κ3) is 3.73. The van der Waals surface area contributed by atoms with Gasteiger partial charge in [0.05, 0.1) is 0 Å². The minimum atomic E-state index is -0.419. The highest BCUT2D eigenvalue weighted by molar-refractivity contribution is 6.29. The van der Waals surface area contributed by atoms with Gasteiger partial charge in [-0.05, 0) is 11.6 Å². The largest absolute Gasteiger partial charge is 0.366 e. The number of rotatable bonds is 5. The van der Waals surface area contributed by atoms with Gasteiger partial charge < -0.3 is 11.1 Å². The van der Waals surface area contributed by atoms with Crippen LogP contribution in [0.5, 0.6) is 0 Å². The van der Waals surface area contributed by atoms with E-state index in [1.54, 1.807) is 12.1 Å². The van der Waals surface area contributed by atoms with Gasteiger partial charge in [-0.2, -0.15) is 0 Å². The Labute approximate surface area is 93.9 Å². The van der Waals surface area contributed by atoms with Crippen molar-refractivity contribution in [2.45, 2.75) is 6.54 Å². The number of halogens is 1. The van der Waals surface area contributed by atoms with Crippen molar-refractivity contribution in [1.29, 1.82) is 0 Å². The van der Waals surface area contributed by atoms with Crippen molar-refractivity contribution < 1.29 is 4.79 Å². The van der Waals surface area contributed by atoms with Gasteiger partial charge in [-0.15, -0.1) is 0 Å². The van der Waals surface area contributed by atoms with E-state index in [0.29, 0.717) is 23.7 Å². The minimum absolute atomic E-state index is 0.419. The molecule has 0 saturated carbocycles. The first-order valence-electron chi connectivity index (χ1n) is 4.53. The highest BCUT2D eigenvalue weighted by atomic mass is 35.5. The van der Waals surface area contributed by atoms with Crippen LogP contribution in [0.1, 0.15) is 15.9 Å². The number of benzene rings is 1. The molecule has 80 valence electrons. The molecule has 3 N–H and O–H groups in total. The highest BCUT2D eigenvalue weighted by Gasteiger charge is 2.05. The summed E-state index contributed by atoms with van der Waals surface area (Å²) >= 11 is 5.60. The van der Waals surface area contributed by atoms with E-state index in [2.05, 4.69) is 11.9 Å². The maximum Gasteiger partial charge on any atom is 0.249 e. The van der Waals surface area contributed by atoms with Crippen molar-refractivity contribution in [3.8, 4) is 0 Å². The van der Waals surface area contributed by atoms with Gasteiger partial charge in [-0.1, -0.05) is 36.4 Å². The molecule has 1 amide bonds. The van der Waals surface area contributed by atoms with Gasteiger partial charge >= 0.3 is 0 Å². The van der Waals surface area contributed by atoms with Crippen LogP contribution in [0.4, 0.5) is 0 Å². The molecular formula is C11H13ClN2O. The van der Waals surface area contributed by atoms with E-state index in [-0.39, 0.29) is 0 Å². The molecule has 0 spiro atoms. The van der Waals surface area contributed by atoms with Crippen LogP contribution in [0.15, 0.2) is 35.9 Å². The summed E-state index contributed by atoms with van der Waals surface area (Å²) in [5.74, 6) is -0.419. The van der Waals surface area contributed by atoms with Gasteiger partial charge in [0.15, 0.2) is 0 Å². The fourth-order valence-corrected chi connectivity index (χ4v) is 1.34. The summed E-state index contributed by atoms with van der Waals surface area (Å²) in [4.78, 5) is 11.1. The Morgan fingerprint density at radius 3 is 2.73 bits per heavy atom. The Morgan fingerprint density at radius 2 is 2.13 bits per heavy atom. The van der Waals surface area contributed by atoms with Crippen molar-refractivity contribution in [3.05, 3.63) is 47.0 Å². The van der Waals surface area contributed by atoms with Crippen molar-refractivity contribution in [3.63, 3.8) is 0 Å². The summed E-state index contributed by atoms with van der Waals surface area (Å²) < 4.78 is 0. The molecule has 0 aliphatic heterocycles. The third-order valence-electron chi connectivity index (χ3n) is 1.92. The van der Waals surface area contributed by atoms with E-state index < -0.39 is 5.91 Å². The molecule has 0 aromatic heterocycles. The lowest BCUT2D eigenvalue weighted by molar-refractivity contribution is 0.0999. The Balaban J connectivity index is 2.67. The lowest BCUT2D eigenvalue weighted by atomic mass is 10.1. The summed E-state index contributed by atoms with van der Waals surface area (Å²) in [5.41, 5.74) is 6.63. The molecule has 15 heavy (non-hydrogen) atoms. The number of amides is 1. The number of nitrogens with one attached hydrogen (secondary N) is 1. The summed E-state index contributed by atoms with van der Waals surface area (Å²) in [7, 11) is 0. The molecular weight excluding hydrogens is 212 g/mol. The summed E-state index contributed by atoms with van der Waals surface area (Å²) in [5, 5.41) is 3.59. The normalized spacial score (nSPS) is 9.93. The lowest BCUT2D eigenvalue weighted by Gasteiger charge is -2.07. The second kappa shape index (κ2) is 5.53. The van der Waals surface area contributed by atoms with Crippen LogP contribution >= 0.6 is 11.6 Å². The van der Waals surface area contributed by atoms with Gasteiger partial charge in [-0.3, -0.25) is 4.79 Å². The maximum absolute atomic E-state index is 11.1. The minimum Gasteiger partial charge on any atom is -0.366 e. The first kappa shape index (κ1) is 11.8. The van der Waals surface area contributed by atoms with Crippen molar-refractivity contribution in [2.24, 2.45) is 5.73 Å². The van der Waals surface area contributed by atoms with E-state index in [4.69, 9.17) is 17.3 Å². The molecule has 0 heterocycles. The number of carbonyl (C=O) groups is 1. The number of hydrogen-bond acceptors (Lipinski definition) is 2. The van der Waals surface area contributed by atoms with E-state index in [9.17, 15) is 4.79 Å². The maximum atomic E-state index is 11.1. The zero-order valence-corrected chi connectivity index (χ0v) is 9.05. The molecule has 0 unspecified atom stereocenters. The molecule has 4 heteroatoms. The lowest BCUT2D eigenvalue weighted by Crippen LogP contribution is -2.19. The molecule has 0 aliphatic carbocycles. The summed E-state index contributed by atoms with van der Waals surface area (Å²) in [6.07, 6.45) is 0. The Kier molecular flexibility index (Phi) is 4.34. The molecule has 0 bridgehead atoms. The third-order valence-corrected chi connectivity index (χ3v) is 2.05. The molecule has 1 aromatic carbocycles. The highest BCUT2D eigenvalue weighted by Crippen LogP contribution is 2.07. The SMILES string of the molecule is C=C(Cl)CNCc1ccccc1C(N)=O. The van der Waals surface area contributed by atoms with Gasteiger partial charge in [-0.25, -0.2) is 0 Å². The first-order chi connectivity index (χ1) is 7.11. The summed E-state index contributed by atoms with van der Waals surface area (Å²) in [6.45, 7) is 4.61. The van der Waals surface area contributed by atoms with E-state index >= 15 is 0 Å². The average Bonchev–Trinajstić information content (AvgIpc) is 2.17. The Hall–Kier alpha value is -1.32. The predicted molar refractivity (Wildman–Crippen MR) is 61.7 cm³/mol. The smallest absolute Gasteiger partial charge is 0.249 e. The molecule has 1 aromatic rings. The number of carbonyl (C=O) groups excluding carboxylic acids is 1. The fourth-order valence-electron chi connectivity index (χ4n) is 1.25. The van der Waals surface area contributed by atoms with Crippen LogP contribution in [-0.2, 0) is 6.54 Å². The number of nitrogens with two attached hydrogens (primary N) is 1. The topological polar surface area (TPSA) is 55.1 Å². The van der Waals surface area contributed by atoms with Crippen molar-refractivity contribution in [1.82, 2.24) is 5.32 Å². The molecule has 0 radical (unpaired) electrons. The molecule has 0 fully saturated rings. The van der Waals surface area contributed by atoms with Gasteiger partial charge in [0.1, 0.15) is 0 Å². The molecule has 3 nitrogen and oxygen atoms in total. The van der Waals surface area contributed by atoms with Crippen LogP contribution in [0.3, 0.4) is 0 Å². The zero-order valence-electron chi connectivity index (χ0n) is 8.29. The second-order valence-corrected chi connectivity index (χ2v) is 3.68. The standard InChI is InChI=1S/C11H13ClN2O/c1-8(12)6-14-7-9-4-2-3-5-10(9)11(13)15/h2-5,14H,1,6-7H2,(H2,13,15). The second-order valence-electron chi connectivity index (χ2n) is 3.14. The quantitative estimate of drug-likeness (QED) is 0.799. The fraction of sp³-hybridized carbons (Fsp3) is 0.182. The Morgan fingerprint density at radius 1 is 1.47 bits per heavy atom. The predicted octanol–water partition coefficient (Wildman–Crippen LogP) is 1.63. The number of hydrogen-bond donors (Lipinski definition) is 2. The van der Waals surface area contributed by atoms with E-state index in [1.807, 2.05) is 12.1 Å². The Bertz CT molecular complexity index is 377. The summed E-state index contributed by atoms with van der Waals surface area (Å²) in [6, 6.07) is 7.20. The van der Waals surface area contributed by atoms with Gasteiger partial charge in [0, 0.05) is 23.7 Å². The van der Waals surface area contributed by atoms with Crippen molar-refractivity contribution >= 4 is 17.5 Å². The van der Waals surface area contributed by atoms with Gasteiger partial charge in [0.25, 0.3) is 0 Å². The molecule has 0 saturated heterocycles. The van der Waals surface area contributed by atoms with Crippen LogP contribution < -0.4 is 11.1 Å². The number of primary amides is 1. The van der Waals surface area contributed by atoms with Gasteiger partial charge in [0.2, 0.25) is 5.91 Å².